The Balaban J connectivity index is 1.88. The second kappa shape index (κ2) is 6.79. The van der Waals surface area contributed by atoms with Crippen molar-refractivity contribution >= 4 is 19.4 Å². The standard InChI is InChI=1S/C15H19N3O4Se/c1-15(2)21-12-10(8-19)20-14(11(17-18-16)13(12)22-15)23-9-6-4-3-5-7-9/h3-7,10-14,19H,8H2,1-2H3/t10-,11-,12+,13-,14?/m1/s1. The number of aliphatic hydroxyl groups is 1. The van der Waals surface area contributed by atoms with Gasteiger partial charge in [0.05, 0.1) is 0 Å². The molecule has 1 aromatic carbocycles. The van der Waals surface area contributed by atoms with Gasteiger partial charge in [-0.1, -0.05) is 0 Å². The van der Waals surface area contributed by atoms with Gasteiger partial charge in [0, 0.05) is 0 Å². The summed E-state index contributed by atoms with van der Waals surface area (Å²) in [5.41, 5.74) is 8.94. The Bertz CT molecular complexity index is 594. The first kappa shape index (κ1) is 16.7. The number of ether oxygens (including phenoxy) is 3. The molecule has 7 nitrogen and oxygen atoms in total. The van der Waals surface area contributed by atoms with Crippen molar-refractivity contribution in [1.82, 2.24) is 0 Å². The van der Waals surface area contributed by atoms with Crippen LogP contribution in [0.15, 0.2) is 35.4 Å². The second-order valence-electron chi connectivity index (χ2n) is 5.92. The van der Waals surface area contributed by atoms with E-state index in [0.29, 0.717) is 0 Å². The van der Waals surface area contributed by atoms with Gasteiger partial charge in [0.1, 0.15) is 0 Å². The monoisotopic (exact) mass is 385 g/mol. The van der Waals surface area contributed by atoms with Crippen molar-refractivity contribution in [2.24, 2.45) is 5.11 Å². The van der Waals surface area contributed by atoms with E-state index in [0.717, 1.165) is 4.46 Å². The van der Waals surface area contributed by atoms with Gasteiger partial charge in [-0.25, -0.2) is 0 Å². The molecule has 5 atom stereocenters. The van der Waals surface area contributed by atoms with Gasteiger partial charge in [0.2, 0.25) is 0 Å². The van der Waals surface area contributed by atoms with Gasteiger partial charge < -0.3 is 0 Å². The number of aliphatic hydroxyl groups excluding tert-OH is 1. The molecular formula is C15H19N3O4Se. The Hall–Kier alpha value is -1.11. The molecule has 1 unspecified atom stereocenters. The molecule has 1 N–H and O–H groups in total. The number of hydrogen-bond donors (Lipinski definition) is 1. The molecule has 0 aliphatic carbocycles. The summed E-state index contributed by atoms with van der Waals surface area (Å²) in [4.78, 5) is 2.97. The average molecular weight is 384 g/mol. The van der Waals surface area contributed by atoms with Crippen LogP contribution < -0.4 is 4.46 Å². The van der Waals surface area contributed by atoms with Crippen LogP contribution in [0.2, 0.25) is 0 Å². The molecule has 2 heterocycles. The van der Waals surface area contributed by atoms with E-state index in [-0.39, 0.29) is 26.6 Å². The van der Waals surface area contributed by atoms with Crippen LogP contribution in [0.4, 0.5) is 0 Å². The summed E-state index contributed by atoms with van der Waals surface area (Å²) in [5.74, 6) is -0.788. The minimum atomic E-state index is -0.788. The van der Waals surface area contributed by atoms with E-state index in [2.05, 4.69) is 10.0 Å². The van der Waals surface area contributed by atoms with Gasteiger partial charge in [0.25, 0.3) is 0 Å². The molecule has 1 aromatic rings. The fourth-order valence-electron chi connectivity index (χ4n) is 2.91. The van der Waals surface area contributed by atoms with E-state index in [1.807, 2.05) is 44.2 Å². The molecule has 0 aromatic heterocycles. The third kappa shape index (κ3) is 3.54. The van der Waals surface area contributed by atoms with Crippen LogP contribution in [0.5, 0.6) is 0 Å². The number of benzene rings is 1. The van der Waals surface area contributed by atoms with Crippen molar-refractivity contribution < 1.29 is 19.3 Å². The van der Waals surface area contributed by atoms with Crippen molar-refractivity contribution in [3.8, 4) is 0 Å². The normalized spacial score (nSPS) is 35.3. The van der Waals surface area contributed by atoms with Crippen LogP contribution in [0.1, 0.15) is 13.8 Å². The maximum absolute atomic E-state index is 9.65. The summed E-state index contributed by atoms with van der Waals surface area (Å²) >= 11 is -0.0748. The molecule has 3 rings (SSSR count). The van der Waals surface area contributed by atoms with Gasteiger partial charge >= 0.3 is 140 Å². The molecule has 124 valence electrons. The maximum atomic E-state index is 9.65. The third-order valence-corrected chi connectivity index (χ3v) is 6.26. The fourth-order valence-corrected chi connectivity index (χ4v) is 5.28. The molecular weight excluding hydrogens is 365 g/mol. The van der Waals surface area contributed by atoms with E-state index in [1.165, 1.54) is 0 Å². The molecule has 2 saturated heterocycles. The van der Waals surface area contributed by atoms with Crippen LogP contribution in [-0.2, 0) is 14.2 Å². The van der Waals surface area contributed by atoms with E-state index < -0.39 is 30.1 Å². The molecule has 2 aliphatic rings. The van der Waals surface area contributed by atoms with Crippen molar-refractivity contribution in [1.29, 1.82) is 0 Å². The van der Waals surface area contributed by atoms with Crippen molar-refractivity contribution in [3.05, 3.63) is 40.8 Å². The summed E-state index contributed by atoms with van der Waals surface area (Å²) in [7, 11) is 0. The molecule has 0 saturated carbocycles. The van der Waals surface area contributed by atoms with Gasteiger partial charge in [-0.3, -0.25) is 0 Å². The molecule has 0 amide bonds. The summed E-state index contributed by atoms with van der Waals surface area (Å²) in [6, 6.07) is 9.45. The van der Waals surface area contributed by atoms with Gasteiger partial charge in [-0.2, -0.15) is 0 Å². The van der Waals surface area contributed by atoms with E-state index in [1.54, 1.807) is 0 Å². The Labute approximate surface area is 140 Å². The summed E-state index contributed by atoms with van der Waals surface area (Å²) < 4.78 is 19.0. The zero-order valence-corrected chi connectivity index (χ0v) is 14.6. The van der Waals surface area contributed by atoms with Crippen LogP contribution in [0.25, 0.3) is 10.4 Å². The summed E-state index contributed by atoms with van der Waals surface area (Å²) in [5, 5.41) is 13.3. The van der Waals surface area contributed by atoms with E-state index >= 15 is 0 Å². The molecule has 2 fully saturated rings. The van der Waals surface area contributed by atoms with Crippen molar-refractivity contribution in [2.75, 3.05) is 6.61 Å². The number of hydrogen-bond acceptors (Lipinski definition) is 5. The molecule has 0 bridgehead atoms. The number of nitrogens with zero attached hydrogens (tertiary/aromatic N) is 3. The Morgan fingerprint density at radius 2 is 1.96 bits per heavy atom. The zero-order valence-electron chi connectivity index (χ0n) is 12.9. The van der Waals surface area contributed by atoms with Gasteiger partial charge in [0.15, 0.2) is 0 Å². The number of azide groups is 1. The SMILES string of the molecule is CC1(C)O[C@@H]2[C@H](O1)[C@@H](N=[N+]=[N-])C([Se]c1ccccc1)O[C@@H]2CO. The second-order valence-corrected chi connectivity index (χ2v) is 8.38. The Kier molecular flexibility index (Phi) is 4.94. The topological polar surface area (TPSA) is 96.7 Å². The first-order valence-corrected chi connectivity index (χ1v) is 9.26. The summed E-state index contributed by atoms with van der Waals surface area (Å²) in [6.45, 7) is 3.46. The Morgan fingerprint density at radius 1 is 1.26 bits per heavy atom. The van der Waals surface area contributed by atoms with E-state index in [4.69, 9.17) is 19.7 Å². The van der Waals surface area contributed by atoms with Crippen LogP contribution in [-0.4, -0.2) is 61.8 Å². The zero-order chi connectivity index (χ0) is 16.4. The predicted molar refractivity (Wildman–Crippen MR) is 84.3 cm³/mol. The average Bonchev–Trinajstić information content (AvgIpc) is 2.86. The molecule has 0 spiro atoms. The minimum absolute atomic E-state index is 0.0748. The van der Waals surface area contributed by atoms with Crippen LogP contribution in [0, 0.1) is 0 Å². The van der Waals surface area contributed by atoms with Crippen molar-refractivity contribution in [3.63, 3.8) is 0 Å². The predicted octanol–water partition coefficient (Wildman–Crippen LogP) is 0.932. The molecule has 8 heteroatoms. The fraction of sp³-hybridized carbons (Fsp3) is 0.600. The van der Waals surface area contributed by atoms with Crippen LogP contribution >= 0.6 is 0 Å². The molecule has 0 radical (unpaired) electrons. The first-order chi connectivity index (χ1) is 11.0. The van der Waals surface area contributed by atoms with Gasteiger partial charge in [-0.15, -0.1) is 0 Å². The van der Waals surface area contributed by atoms with Gasteiger partial charge in [-0.05, 0) is 0 Å². The third-order valence-electron chi connectivity index (χ3n) is 3.81. The number of fused-ring (bicyclic) bond motifs is 1. The summed E-state index contributed by atoms with van der Waals surface area (Å²) in [6.07, 6.45) is -1.33. The van der Waals surface area contributed by atoms with Crippen LogP contribution in [0.3, 0.4) is 0 Å². The number of rotatable bonds is 4. The first-order valence-electron chi connectivity index (χ1n) is 7.42. The molecule has 23 heavy (non-hydrogen) atoms. The van der Waals surface area contributed by atoms with Crippen molar-refractivity contribution in [2.45, 2.75) is 49.0 Å². The molecule has 2 aliphatic heterocycles. The quantitative estimate of drug-likeness (QED) is 0.362. The van der Waals surface area contributed by atoms with E-state index in [9.17, 15) is 5.11 Å². The Morgan fingerprint density at radius 3 is 2.61 bits per heavy atom.